The second kappa shape index (κ2) is 8.83. The van der Waals surface area contributed by atoms with Crippen LogP contribution in [0.15, 0.2) is 24.3 Å². The van der Waals surface area contributed by atoms with Crippen LogP contribution in [-0.4, -0.2) is 30.1 Å². The average molecular weight is 332 g/mol. The van der Waals surface area contributed by atoms with Crippen LogP contribution in [0.3, 0.4) is 0 Å². The molecule has 0 heterocycles. The first-order valence-corrected chi connectivity index (χ1v) is 8.79. The number of carbonyl (C=O) groups is 2. The Kier molecular flexibility index (Phi) is 6.79. The highest BCUT2D eigenvalue weighted by molar-refractivity contribution is 5.96. The number of aliphatic hydroxyl groups is 1. The third-order valence-electron chi connectivity index (χ3n) is 4.58. The maximum Gasteiger partial charge on any atom is 0.251 e. The van der Waals surface area contributed by atoms with Crippen molar-refractivity contribution >= 4 is 17.5 Å². The van der Waals surface area contributed by atoms with Crippen molar-refractivity contribution in [2.75, 3.05) is 18.5 Å². The minimum absolute atomic E-state index is 0.0592. The molecule has 24 heavy (non-hydrogen) atoms. The molecular formula is C19H28N2O3. The van der Waals surface area contributed by atoms with E-state index in [0.29, 0.717) is 30.4 Å². The van der Waals surface area contributed by atoms with Crippen LogP contribution in [0, 0.1) is 17.8 Å². The number of amides is 2. The topological polar surface area (TPSA) is 78.4 Å². The fourth-order valence-electron chi connectivity index (χ4n) is 3.49. The van der Waals surface area contributed by atoms with E-state index in [4.69, 9.17) is 5.11 Å². The maximum absolute atomic E-state index is 12.4. The van der Waals surface area contributed by atoms with Crippen molar-refractivity contribution in [3.8, 4) is 0 Å². The fourth-order valence-corrected chi connectivity index (χ4v) is 3.49. The summed E-state index contributed by atoms with van der Waals surface area (Å²) >= 11 is 0. The Labute approximate surface area is 143 Å². The predicted octanol–water partition coefficient (Wildman–Crippen LogP) is 2.81. The van der Waals surface area contributed by atoms with Crippen LogP contribution in [0.4, 0.5) is 5.69 Å². The van der Waals surface area contributed by atoms with Gasteiger partial charge in [-0.3, -0.25) is 9.59 Å². The van der Waals surface area contributed by atoms with E-state index in [2.05, 4.69) is 24.5 Å². The number of rotatable bonds is 6. The van der Waals surface area contributed by atoms with Crippen molar-refractivity contribution in [1.82, 2.24) is 5.32 Å². The van der Waals surface area contributed by atoms with Gasteiger partial charge in [0, 0.05) is 30.3 Å². The summed E-state index contributed by atoms with van der Waals surface area (Å²) in [6.45, 7) is 4.93. The van der Waals surface area contributed by atoms with E-state index in [-0.39, 0.29) is 24.3 Å². The molecule has 1 aliphatic rings. The molecule has 2 rings (SSSR count). The smallest absolute Gasteiger partial charge is 0.251 e. The van der Waals surface area contributed by atoms with Crippen molar-refractivity contribution in [2.24, 2.45) is 17.8 Å². The van der Waals surface area contributed by atoms with Crippen LogP contribution in [0.25, 0.3) is 0 Å². The van der Waals surface area contributed by atoms with E-state index in [1.165, 1.54) is 6.42 Å². The molecule has 2 unspecified atom stereocenters. The number of carbonyl (C=O) groups excluding carboxylic acids is 2. The molecule has 132 valence electrons. The van der Waals surface area contributed by atoms with Gasteiger partial charge in [0.1, 0.15) is 0 Å². The number of nitrogens with one attached hydrogen (secondary N) is 2. The molecule has 5 nitrogen and oxygen atoms in total. The van der Waals surface area contributed by atoms with Crippen LogP contribution in [-0.2, 0) is 4.79 Å². The predicted molar refractivity (Wildman–Crippen MR) is 94.8 cm³/mol. The van der Waals surface area contributed by atoms with Gasteiger partial charge in [-0.25, -0.2) is 0 Å². The molecule has 1 saturated carbocycles. The Hall–Kier alpha value is -1.88. The fraction of sp³-hybridized carbons (Fsp3) is 0.579. The standard InChI is InChI=1S/C19H28N2O3/c1-13-10-14(2)12-16(11-13)19(24)21-17-6-4-15(5-7-17)18(23)20-8-3-9-22/h4-7,13-14,16,22H,3,8-12H2,1-2H3,(H,20,23)(H,21,24). The molecule has 1 aromatic rings. The zero-order valence-corrected chi connectivity index (χ0v) is 14.5. The molecular weight excluding hydrogens is 304 g/mol. The van der Waals surface area contributed by atoms with E-state index in [1.54, 1.807) is 24.3 Å². The van der Waals surface area contributed by atoms with Gasteiger partial charge < -0.3 is 15.7 Å². The lowest BCUT2D eigenvalue weighted by Gasteiger charge is -2.30. The molecule has 1 aromatic carbocycles. The van der Waals surface area contributed by atoms with E-state index in [1.807, 2.05) is 0 Å². The largest absolute Gasteiger partial charge is 0.396 e. The van der Waals surface area contributed by atoms with Gasteiger partial charge in [-0.2, -0.15) is 0 Å². The van der Waals surface area contributed by atoms with Gasteiger partial charge >= 0.3 is 0 Å². The summed E-state index contributed by atoms with van der Waals surface area (Å²) in [6, 6.07) is 6.93. The van der Waals surface area contributed by atoms with E-state index < -0.39 is 0 Å². The minimum Gasteiger partial charge on any atom is -0.396 e. The number of hydrogen-bond donors (Lipinski definition) is 3. The highest BCUT2D eigenvalue weighted by Crippen LogP contribution is 2.33. The molecule has 0 aromatic heterocycles. The summed E-state index contributed by atoms with van der Waals surface area (Å²) in [6.07, 6.45) is 3.63. The van der Waals surface area contributed by atoms with Gasteiger partial charge in [0.05, 0.1) is 0 Å². The van der Waals surface area contributed by atoms with Crippen molar-refractivity contribution in [2.45, 2.75) is 39.5 Å². The minimum atomic E-state index is -0.170. The van der Waals surface area contributed by atoms with E-state index >= 15 is 0 Å². The van der Waals surface area contributed by atoms with Crippen molar-refractivity contribution in [1.29, 1.82) is 0 Å². The highest BCUT2D eigenvalue weighted by Gasteiger charge is 2.28. The molecule has 0 saturated heterocycles. The van der Waals surface area contributed by atoms with Crippen LogP contribution < -0.4 is 10.6 Å². The lowest BCUT2D eigenvalue weighted by Crippen LogP contribution is -2.30. The summed E-state index contributed by atoms with van der Waals surface area (Å²) in [5.74, 6) is 1.17. The van der Waals surface area contributed by atoms with Crippen molar-refractivity contribution in [3.63, 3.8) is 0 Å². The zero-order chi connectivity index (χ0) is 17.5. The number of benzene rings is 1. The second-order valence-corrected chi connectivity index (χ2v) is 7.01. The summed E-state index contributed by atoms with van der Waals surface area (Å²) in [5, 5.41) is 14.4. The van der Waals surface area contributed by atoms with Gasteiger partial charge in [0.25, 0.3) is 5.91 Å². The van der Waals surface area contributed by atoms with Crippen molar-refractivity contribution in [3.05, 3.63) is 29.8 Å². The summed E-state index contributed by atoms with van der Waals surface area (Å²) in [7, 11) is 0. The molecule has 2 atom stereocenters. The summed E-state index contributed by atoms with van der Waals surface area (Å²) in [5.41, 5.74) is 1.27. The third kappa shape index (κ3) is 5.34. The van der Waals surface area contributed by atoms with Crippen LogP contribution in [0.2, 0.25) is 0 Å². The molecule has 1 fully saturated rings. The maximum atomic E-state index is 12.4. The zero-order valence-electron chi connectivity index (χ0n) is 14.5. The highest BCUT2D eigenvalue weighted by atomic mass is 16.3. The van der Waals surface area contributed by atoms with Crippen LogP contribution in [0.5, 0.6) is 0 Å². The van der Waals surface area contributed by atoms with Gasteiger partial charge in [-0.05, 0) is 61.8 Å². The monoisotopic (exact) mass is 332 g/mol. The molecule has 5 heteroatoms. The molecule has 0 aliphatic heterocycles. The van der Waals surface area contributed by atoms with E-state index in [9.17, 15) is 9.59 Å². The third-order valence-corrected chi connectivity index (χ3v) is 4.58. The second-order valence-electron chi connectivity index (χ2n) is 7.01. The SMILES string of the molecule is CC1CC(C)CC(C(=O)Nc2ccc(C(=O)NCCCO)cc2)C1. The molecule has 0 radical (unpaired) electrons. The summed E-state index contributed by atoms with van der Waals surface area (Å²) in [4.78, 5) is 24.3. The molecule has 3 N–H and O–H groups in total. The van der Waals surface area contributed by atoms with Gasteiger partial charge in [0.2, 0.25) is 5.91 Å². The Morgan fingerprint density at radius 1 is 1.08 bits per heavy atom. The first-order valence-electron chi connectivity index (χ1n) is 8.79. The number of anilines is 1. The first-order chi connectivity index (χ1) is 11.5. The Morgan fingerprint density at radius 3 is 2.29 bits per heavy atom. The van der Waals surface area contributed by atoms with Gasteiger partial charge in [-0.1, -0.05) is 13.8 Å². The molecule has 0 bridgehead atoms. The lowest BCUT2D eigenvalue weighted by atomic mass is 9.76. The first kappa shape index (κ1) is 18.5. The molecule has 2 amide bonds. The van der Waals surface area contributed by atoms with Crippen LogP contribution >= 0.6 is 0 Å². The Morgan fingerprint density at radius 2 is 1.71 bits per heavy atom. The van der Waals surface area contributed by atoms with Crippen LogP contribution in [0.1, 0.15) is 49.9 Å². The lowest BCUT2D eigenvalue weighted by molar-refractivity contribution is -0.121. The average Bonchev–Trinajstić information content (AvgIpc) is 2.54. The van der Waals surface area contributed by atoms with Crippen molar-refractivity contribution < 1.29 is 14.7 Å². The van der Waals surface area contributed by atoms with E-state index in [0.717, 1.165) is 18.5 Å². The van der Waals surface area contributed by atoms with Gasteiger partial charge in [0.15, 0.2) is 0 Å². The quantitative estimate of drug-likeness (QED) is 0.701. The molecule has 1 aliphatic carbocycles. The Balaban J connectivity index is 1.89. The number of hydrogen-bond acceptors (Lipinski definition) is 3. The number of aliphatic hydroxyl groups excluding tert-OH is 1. The Bertz CT molecular complexity index is 546. The van der Waals surface area contributed by atoms with Gasteiger partial charge in [-0.15, -0.1) is 0 Å². The summed E-state index contributed by atoms with van der Waals surface area (Å²) < 4.78 is 0. The normalized spacial score (nSPS) is 23.5. The molecule has 0 spiro atoms.